The number of nitrogens with zero attached hydrogens (tertiary/aromatic N) is 1. The summed E-state index contributed by atoms with van der Waals surface area (Å²) >= 11 is 0. The molecular formula is C12H27ClN2O2. The van der Waals surface area contributed by atoms with Gasteiger partial charge in [0.25, 0.3) is 0 Å². The minimum Gasteiger partial charge on any atom is -0.383 e. The maximum Gasteiger partial charge on any atom is 0.227 e. The number of nitrogens with two attached hydrogens (primary N) is 1. The molecule has 1 atom stereocenters. The molecular weight excluding hydrogens is 240 g/mol. The van der Waals surface area contributed by atoms with E-state index in [4.69, 9.17) is 10.5 Å². The number of rotatable bonds is 8. The number of carbonyl (C=O) groups excluding carboxylic acids is 1. The largest absolute Gasteiger partial charge is 0.383 e. The number of halogens is 1. The van der Waals surface area contributed by atoms with Crippen molar-refractivity contribution in [1.29, 1.82) is 0 Å². The highest BCUT2D eigenvalue weighted by Gasteiger charge is 2.24. The van der Waals surface area contributed by atoms with Crippen molar-refractivity contribution in [2.45, 2.75) is 39.7 Å². The molecule has 0 aliphatic carbocycles. The van der Waals surface area contributed by atoms with Gasteiger partial charge in [-0.25, -0.2) is 0 Å². The quantitative estimate of drug-likeness (QED) is 0.727. The van der Waals surface area contributed by atoms with Crippen LogP contribution in [0, 0.1) is 5.92 Å². The number of hydrogen-bond donors (Lipinski definition) is 1. The van der Waals surface area contributed by atoms with Crippen molar-refractivity contribution in [3.8, 4) is 0 Å². The Morgan fingerprint density at radius 3 is 2.24 bits per heavy atom. The summed E-state index contributed by atoms with van der Waals surface area (Å²) in [6.45, 7) is 7.74. The van der Waals surface area contributed by atoms with Gasteiger partial charge in [0.05, 0.1) is 6.61 Å². The monoisotopic (exact) mass is 266 g/mol. The van der Waals surface area contributed by atoms with E-state index in [2.05, 4.69) is 13.8 Å². The summed E-state index contributed by atoms with van der Waals surface area (Å²) in [5, 5.41) is 0. The van der Waals surface area contributed by atoms with Gasteiger partial charge in [-0.05, 0) is 12.8 Å². The van der Waals surface area contributed by atoms with Gasteiger partial charge >= 0.3 is 0 Å². The molecule has 0 aromatic carbocycles. The van der Waals surface area contributed by atoms with Crippen LogP contribution < -0.4 is 5.73 Å². The fourth-order valence-electron chi connectivity index (χ4n) is 1.78. The van der Waals surface area contributed by atoms with Gasteiger partial charge in [-0.1, -0.05) is 20.8 Å². The van der Waals surface area contributed by atoms with Crippen LogP contribution >= 0.6 is 12.4 Å². The van der Waals surface area contributed by atoms with Crippen molar-refractivity contribution >= 4 is 18.3 Å². The molecule has 1 amide bonds. The van der Waals surface area contributed by atoms with E-state index >= 15 is 0 Å². The average Bonchev–Trinajstić information content (AvgIpc) is 2.32. The lowest BCUT2D eigenvalue weighted by Crippen LogP contribution is -2.45. The summed E-state index contributed by atoms with van der Waals surface area (Å²) in [4.78, 5) is 14.0. The van der Waals surface area contributed by atoms with Crippen LogP contribution in [0.5, 0.6) is 0 Å². The second-order valence-corrected chi connectivity index (χ2v) is 4.13. The predicted molar refractivity (Wildman–Crippen MR) is 73.4 cm³/mol. The lowest BCUT2D eigenvalue weighted by molar-refractivity contribution is -0.138. The normalized spacial score (nSPS) is 12.1. The van der Waals surface area contributed by atoms with Gasteiger partial charge < -0.3 is 15.4 Å². The third-order valence-corrected chi connectivity index (χ3v) is 2.98. The smallest absolute Gasteiger partial charge is 0.227 e. The Morgan fingerprint density at radius 1 is 1.35 bits per heavy atom. The molecule has 0 rings (SSSR count). The van der Waals surface area contributed by atoms with E-state index in [0.717, 1.165) is 12.8 Å². The van der Waals surface area contributed by atoms with Gasteiger partial charge in [0.1, 0.15) is 0 Å². The Balaban J connectivity index is 0. The molecule has 0 saturated carbocycles. The summed E-state index contributed by atoms with van der Waals surface area (Å²) < 4.78 is 5.05. The molecule has 104 valence electrons. The van der Waals surface area contributed by atoms with Gasteiger partial charge in [-0.3, -0.25) is 4.79 Å². The highest BCUT2D eigenvalue weighted by Crippen LogP contribution is 2.12. The average molecular weight is 267 g/mol. The van der Waals surface area contributed by atoms with Crippen LogP contribution in [0.2, 0.25) is 0 Å². The van der Waals surface area contributed by atoms with Crippen LogP contribution in [-0.4, -0.2) is 43.7 Å². The van der Waals surface area contributed by atoms with E-state index in [9.17, 15) is 4.79 Å². The molecule has 17 heavy (non-hydrogen) atoms. The number of ether oxygens (including phenoxy) is 1. The molecule has 0 saturated heterocycles. The number of carbonyl (C=O) groups is 1. The molecule has 0 fully saturated rings. The Morgan fingerprint density at radius 2 is 1.88 bits per heavy atom. The van der Waals surface area contributed by atoms with Crippen LogP contribution in [0.25, 0.3) is 0 Å². The number of amides is 1. The third kappa shape index (κ3) is 6.24. The van der Waals surface area contributed by atoms with Crippen molar-refractivity contribution in [2.24, 2.45) is 11.7 Å². The number of hydrogen-bond acceptors (Lipinski definition) is 3. The van der Waals surface area contributed by atoms with E-state index in [1.165, 1.54) is 0 Å². The van der Waals surface area contributed by atoms with Crippen molar-refractivity contribution in [3.05, 3.63) is 0 Å². The summed E-state index contributed by atoms with van der Waals surface area (Å²) in [7, 11) is 1.65. The van der Waals surface area contributed by atoms with Gasteiger partial charge in [0, 0.05) is 32.2 Å². The van der Waals surface area contributed by atoms with Gasteiger partial charge in [-0.2, -0.15) is 0 Å². The van der Waals surface area contributed by atoms with Gasteiger partial charge in [-0.15, -0.1) is 12.4 Å². The fraction of sp³-hybridized carbons (Fsp3) is 0.917. The van der Waals surface area contributed by atoms with Crippen LogP contribution in [0.3, 0.4) is 0 Å². The minimum atomic E-state index is -0.0996. The molecule has 0 spiro atoms. The molecule has 1 unspecified atom stereocenters. The first-order valence-corrected chi connectivity index (χ1v) is 6.11. The topological polar surface area (TPSA) is 55.6 Å². The van der Waals surface area contributed by atoms with Crippen LogP contribution in [0.15, 0.2) is 0 Å². The standard InChI is InChI=1S/C12H26N2O2.ClH/c1-5-11(6-2)14(7-8-16-4)12(15)10(3)9-13;/h10-11H,5-9,13H2,1-4H3;1H. The summed E-state index contributed by atoms with van der Waals surface area (Å²) in [5.41, 5.74) is 5.54. The van der Waals surface area contributed by atoms with Crippen molar-refractivity contribution < 1.29 is 9.53 Å². The van der Waals surface area contributed by atoms with Gasteiger partial charge in [0.15, 0.2) is 0 Å². The Kier molecular flexibility index (Phi) is 12.1. The zero-order valence-electron chi connectivity index (χ0n) is 11.4. The van der Waals surface area contributed by atoms with Crippen LogP contribution in [-0.2, 0) is 9.53 Å². The molecule has 5 heteroatoms. The van der Waals surface area contributed by atoms with E-state index < -0.39 is 0 Å². The molecule has 0 radical (unpaired) electrons. The highest BCUT2D eigenvalue weighted by molar-refractivity contribution is 5.85. The zero-order chi connectivity index (χ0) is 12.6. The Bertz CT molecular complexity index is 199. The van der Waals surface area contributed by atoms with E-state index in [1.54, 1.807) is 7.11 Å². The second kappa shape index (κ2) is 10.8. The van der Waals surface area contributed by atoms with Crippen molar-refractivity contribution in [1.82, 2.24) is 4.90 Å². The second-order valence-electron chi connectivity index (χ2n) is 4.13. The Hall–Kier alpha value is -0.320. The fourth-order valence-corrected chi connectivity index (χ4v) is 1.78. The lowest BCUT2D eigenvalue weighted by atomic mass is 10.1. The molecule has 0 aromatic rings. The predicted octanol–water partition coefficient (Wildman–Crippen LogP) is 1.67. The van der Waals surface area contributed by atoms with E-state index in [0.29, 0.717) is 25.7 Å². The van der Waals surface area contributed by atoms with E-state index in [-0.39, 0.29) is 24.2 Å². The van der Waals surface area contributed by atoms with E-state index in [1.807, 2.05) is 11.8 Å². The lowest BCUT2D eigenvalue weighted by Gasteiger charge is -2.32. The van der Waals surface area contributed by atoms with Crippen LogP contribution in [0.1, 0.15) is 33.6 Å². The molecule has 0 bridgehead atoms. The van der Waals surface area contributed by atoms with Crippen LogP contribution in [0.4, 0.5) is 0 Å². The maximum absolute atomic E-state index is 12.1. The number of methoxy groups -OCH3 is 1. The molecule has 0 aliphatic rings. The molecule has 4 nitrogen and oxygen atoms in total. The molecule has 0 aliphatic heterocycles. The first-order chi connectivity index (χ1) is 7.62. The molecule has 0 heterocycles. The first-order valence-electron chi connectivity index (χ1n) is 6.11. The summed E-state index contributed by atoms with van der Waals surface area (Å²) in [5.74, 6) is 0.0470. The minimum absolute atomic E-state index is 0. The molecule has 0 aromatic heterocycles. The summed E-state index contributed by atoms with van der Waals surface area (Å²) in [6, 6.07) is 0.302. The first kappa shape index (κ1) is 19.0. The SMILES string of the molecule is CCC(CC)N(CCOC)C(=O)C(C)CN.Cl. The highest BCUT2D eigenvalue weighted by atomic mass is 35.5. The zero-order valence-corrected chi connectivity index (χ0v) is 12.3. The van der Waals surface area contributed by atoms with Crippen molar-refractivity contribution in [3.63, 3.8) is 0 Å². The maximum atomic E-state index is 12.1. The van der Waals surface area contributed by atoms with Crippen molar-refractivity contribution in [2.75, 3.05) is 26.8 Å². The van der Waals surface area contributed by atoms with Gasteiger partial charge in [0.2, 0.25) is 5.91 Å². The third-order valence-electron chi connectivity index (χ3n) is 2.98. The summed E-state index contributed by atoms with van der Waals surface area (Å²) in [6.07, 6.45) is 1.95. The molecule has 2 N–H and O–H groups in total. The Labute approximate surface area is 111 Å².